The van der Waals surface area contributed by atoms with Gasteiger partial charge in [-0.3, -0.25) is 19.2 Å². The van der Waals surface area contributed by atoms with E-state index in [1.54, 1.807) is 24.3 Å². The lowest BCUT2D eigenvalue weighted by molar-refractivity contribution is -0.142. The first kappa shape index (κ1) is 33.7. The lowest BCUT2D eigenvalue weighted by atomic mass is 10.1. The Labute approximate surface area is 275 Å². The Hall–Kier alpha value is -4.68. The molecule has 3 heterocycles. The van der Waals surface area contributed by atoms with Crippen LogP contribution in [0.1, 0.15) is 59.5 Å². The van der Waals surface area contributed by atoms with Crippen LogP contribution in [0.5, 0.6) is 0 Å². The van der Waals surface area contributed by atoms with Crippen LogP contribution in [0.4, 0.5) is 0 Å². The molecule has 0 spiro atoms. The van der Waals surface area contributed by atoms with Gasteiger partial charge in [-0.15, -0.1) is 0 Å². The van der Waals surface area contributed by atoms with Crippen molar-refractivity contribution in [3.8, 4) is 0 Å². The molecule has 2 aromatic heterocycles. The van der Waals surface area contributed by atoms with Gasteiger partial charge in [0.1, 0.15) is 23.4 Å². The number of nitrogens with one attached hydrogen (secondary N) is 3. The Morgan fingerprint density at radius 3 is 2.64 bits per heavy atom. The normalized spacial score (nSPS) is 16.8. The third-order valence-corrected chi connectivity index (χ3v) is 8.92. The second-order valence-electron chi connectivity index (χ2n) is 12.0. The van der Waals surface area contributed by atoms with Gasteiger partial charge in [0.2, 0.25) is 11.8 Å². The van der Waals surface area contributed by atoms with E-state index in [0.717, 1.165) is 22.2 Å². The van der Waals surface area contributed by atoms with Crippen LogP contribution in [0.3, 0.4) is 0 Å². The number of aromatic amines is 1. The Morgan fingerprint density at radius 2 is 1.89 bits per heavy atom. The average molecular weight is 664 g/mol. The van der Waals surface area contributed by atoms with Crippen LogP contribution >= 0.6 is 11.6 Å². The number of benzene rings is 2. The fourth-order valence-corrected chi connectivity index (χ4v) is 6.21. The molecule has 4 aromatic rings. The third kappa shape index (κ3) is 7.66. The molecule has 0 saturated carbocycles. The van der Waals surface area contributed by atoms with Crippen molar-refractivity contribution in [2.75, 3.05) is 13.1 Å². The van der Waals surface area contributed by atoms with Crippen LogP contribution in [-0.4, -0.2) is 69.9 Å². The quantitative estimate of drug-likeness (QED) is 0.142. The van der Waals surface area contributed by atoms with E-state index in [2.05, 4.69) is 15.6 Å². The smallest absolute Gasteiger partial charge is 0.326 e. The molecule has 1 fully saturated rings. The van der Waals surface area contributed by atoms with E-state index in [1.165, 1.54) is 17.0 Å². The van der Waals surface area contributed by atoms with E-state index in [9.17, 15) is 29.1 Å². The maximum absolute atomic E-state index is 13.9. The Kier molecular flexibility index (Phi) is 10.3. The second-order valence-corrected chi connectivity index (χ2v) is 12.4. The van der Waals surface area contributed by atoms with Gasteiger partial charge in [-0.05, 0) is 82.0 Å². The SMILES string of the molecule is Cc1[nH]c2cc(C(=O)N3C[C@H](NC(=O)CCc4cc(=O)c5cc(Cl)ccc5o4)C[C@@H]3C(=O)NC(CCCCN)C(=O)O)ccc2c1C. The number of fused-ring (bicyclic) bond motifs is 2. The number of likely N-dealkylation sites (tertiary alicyclic amines) is 1. The van der Waals surface area contributed by atoms with Crippen molar-refractivity contribution in [2.24, 2.45) is 5.73 Å². The number of hydrogen-bond acceptors (Lipinski definition) is 7. The summed E-state index contributed by atoms with van der Waals surface area (Å²) in [6, 6.07) is 8.61. The summed E-state index contributed by atoms with van der Waals surface area (Å²) in [4.78, 5) is 69.6. The zero-order valence-corrected chi connectivity index (χ0v) is 27.0. The number of aliphatic carboxylic acids is 1. The summed E-state index contributed by atoms with van der Waals surface area (Å²) >= 11 is 5.99. The first-order chi connectivity index (χ1) is 22.4. The first-order valence-electron chi connectivity index (χ1n) is 15.6. The molecular weight excluding hydrogens is 626 g/mol. The lowest BCUT2D eigenvalue weighted by Crippen LogP contribution is -2.50. The Morgan fingerprint density at radius 1 is 1.11 bits per heavy atom. The fourth-order valence-electron chi connectivity index (χ4n) is 6.04. The number of carbonyl (C=O) groups is 4. The van der Waals surface area contributed by atoms with E-state index in [0.29, 0.717) is 46.7 Å². The molecule has 2 aromatic carbocycles. The number of carbonyl (C=O) groups excluding carboxylic acids is 3. The van der Waals surface area contributed by atoms with Crippen LogP contribution in [0.25, 0.3) is 21.9 Å². The lowest BCUT2D eigenvalue weighted by Gasteiger charge is -2.25. The van der Waals surface area contributed by atoms with Crippen LogP contribution < -0.4 is 21.8 Å². The number of rotatable bonds is 12. The summed E-state index contributed by atoms with van der Waals surface area (Å²) in [6.07, 6.45) is 1.55. The van der Waals surface area contributed by atoms with Crippen molar-refractivity contribution in [2.45, 2.75) is 70.5 Å². The van der Waals surface area contributed by atoms with Gasteiger partial charge in [0.15, 0.2) is 5.43 Å². The van der Waals surface area contributed by atoms with Crippen molar-refractivity contribution in [1.82, 2.24) is 20.5 Å². The number of nitrogens with two attached hydrogens (primary N) is 1. The molecule has 12 nitrogen and oxygen atoms in total. The highest BCUT2D eigenvalue weighted by Gasteiger charge is 2.41. The van der Waals surface area contributed by atoms with Crippen molar-refractivity contribution >= 4 is 57.2 Å². The minimum absolute atomic E-state index is 0.00618. The highest BCUT2D eigenvalue weighted by atomic mass is 35.5. The fraction of sp³-hybridized carbons (Fsp3) is 0.382. The average Bonchev–Trinajstić information content (AvgIpc) is 3.58. The molecule has 0 aliphatic carbocycles. The minimum atomic E-state index is -1.18. The molecule has 0 radical (unpaired) electrons. The number of nitrogens with zero attached hydrogens (tertiary/aromatic N) is 1. The molecule has 0 bridgehead atoms. The van der Waals surface area contributed by atoms with E-state index in [4.69, 9.17) is 21.8 Å². The molecular formula is C34H38ClN5O7. The highest BCUT2D eigenvalue weighted by Crippen LogP contribution is 2.26. The Balaban J connectivity index is 1.31. The van der Waals surface area contributed by atoms with Crippen LogP contribution in [0.2, 0.25) is 5.02 Å². The van der Waals surface area contributed by atoms with Gasteiger partial charge in [0.25, 0.3) is 5.91 Å². The van der Waals surface area contributed by atoms with E-state index < -0.39 is 35.9 Å². The summed E-state index contributed by atoms with van der Waals surface area (Å²) in [5.41, 5.74) is 8.83. The van der Waals surface area contributed by atoms with Crippen LogP contribution in [0.15, 0.2) is 51.7 Å². The molecule has 1 aliphatic rings. The summed E-state index contributed by atoms with van der Waals surface area (Å²) in [5, 5.41) is 17.0. The van der Waals surface area contributed by atoms with Gasteiger partial charge < -0.3 is 35.8 Å². The standard InChI is InChI=1S/C34H38ClN5O7/c1-18-19(2)37-27-13-20(6-9-24(18)27)33(44)40-17-22(15-28(40)32(43)39-26(34(45)46)5-3-4-12-36)38-31(42)11-8-23-16-29(41)25-14-21(35)7-10-30(25)47-23/h6-7,9-10,13-14,16,22,26,28,37H,3-5,8,11-12,15,17,36H2,1-2H3,(H,38,42)(H,39,43)(H,45,46)/t22-,26?,28-/m1/s1. The number of aryl methyl sites for hydroxylation is 3. The number of amides is 3. The molecule has 47 heavy (non-hydrogen) atoms. The number of unbranched alkanes of at least 4 members (excludes halogenated alkanes) is 1. The molecule has 3 atom stereocenters. The number of halogens is 1. The van der Waals surface area contributed by atoms with Crippen molar-refractivity contribution < 1.29 is 28.7 Å². The molecule has 6 N–H and O–H groups in total. The molecule has 13 heteroatoms. The third-order valence-electron chi connectivity index (χ3n) is 8.69. The summed E-state index contributed by atoms with van der Waals surface area (Å²) in [6.45, 7) is 4.37. The van der Waals surface area contributed by atoms with Gasteiger partial charge >= 0.3 is 5.97 Å². The number of hydrogen-bond donors (Lipinski definition) is 5. The molecule has 3 amide bonds. The van der Waals surface area contributed by atoms with Gasteiger partial charge in [0.05, 0.1) is 5.39 Å². The van der Waals surface area contributed by atoms with E-state index >= 15 is 0 Å². The highest BCUT2D eigenvalue weighted by molar-refractivity contribution is 6.31. The van der Waals surface area contributed by atoms with Crippen LogP contribution in [-0.2, 0) is 20.8 Å². The Bertz CT molecular complexity index is 1900. The summed E-state index contributed by atoms with van der Waals surface area (Å²) < 4.78 is 5.79. The zero-order valence-electron chi connectivity index (χ0n) is 26.2. The van der Waals surface area contributed by atoms with Crippen molar-refractivity contribution in [3.05, 3.63) is 80.3 Å². The van der Waals surface area contributed by atoms with Gasteiger partial charge in [-0.25, -0.2) is 4.79 Å². The zero-order chi connectivity index (χ0) is 33.8. The maximum Gasteiger partial charge on any atom is 0.326 e. The van der Waals surface area contributed by atoms with Crippen molar-refractivity contribution in [3.63, 3.8) is 0 Å². The number of H-pyrrole nitrogens is 1. The number of aromatic nitrogens is 1. The minimum Gasteiger partial charge on any atom is -0.480 e. The monoisotopic (exact) mass is 663 g/mol. The predicted octanol–water partition coefficient (Wildman–Crippen LogP) is 3.58. The second kappa shape index (κ2) is 14.4. The summed E-state index contributed by atoms with van der Waals surface area (Å²) in [7, 11) is 0. The van der Waals surface area contributed by atoms with Crippen molar-refractivity contribution in [1.29, 1.82) is 0 Å². The maximum atomic E-state index is 13.9. The predicted molar refractivity (Wildman–Crippen MR) is 177 cm³/mol. The largest absolute Gasteiger partial charge is 0.480 e. The van der Waals surface area contributed by atoms with E-state index in [-0.39, 0.29) is 43.6 Å². The molecule has 1 aliphatic heterocycles. The number of carboxylic acid groups (broad SMARTS) is 1. The van der Waals surface area contributed by atoms with Crippen LogP contribution in [0, 0.1) is 13.8 Å². The molecule has 1 unspecified atom stereocenters. The number of carboxylic acids is 1. The van der Waals surface area contributed by atoms with Gasteiger partial charge in [0, 0.05) is 58.7 Å². The molecule has 5 rings (SSSR count). The van der Waals surface area contributed by atoms with Gasteiger partial charge in [-0.2, -0.15) is 0 Å². The molecule has 1 saturated heterocycles. The molecule has 248 valence electrons. The summed E-state index contributed by atoms with van der Waals surface area (Å²) in [5.74, 6) is -2.23. The van der Waals surface area contributed by atoms with Gasteiger partial charge in [-0.1, -0.05) is 17.7 Å². The topological polar surface area (TPSA) is 188 Å². The van der Waals surface area contributed by atoms with E-state index in [1.807, 2.05) is 19.9 Å². The first-order valence-corrected chi connectivity index (χ1v) is 16.0.